The Kier molecular flexibility index (Phi) is 4.17. The molecular weight excluding hydrogens is 416 g/mol. The predicted octanol–water partition coefficient (Wildman–Crippen LogP) is 5.08. The predicted molar refractivity (Wildman–Crippen MR) is 82.8 cm³/mol. The summed E-state index contributed by atoms with van der Waals surface area (Å²) in [7, 11) is 0. The summed E-state index contributed by atoms with van der Waals surface area (Å²) in [6, 6.07) is 11.0. The highest BCUT2D eigenvalue weighted by Gasteiger charge is 2.06. The molecule has 0 aliphatic heterocycles. The monoisotopic (exact) mass is 423 g/mol. The molecule has 0 amide bonds. The second kappa shape index (κ2) is 5.46. The molecule has 0 saturated heterocycles. The van der Waals surface area contributed by atoms with Gasteiger partial charge in [0.2, 0.25) is 0 Å². The molecule has 0 fully saturated rings. The van der Waals surface area contributed by atoms with Gasteiger partial charge in [0.1, 0.15) is 11.5 Å². The molecule has 0 aliphatic carbocycles. The van der Waals surface area contributed by atoms with Gasteiger partial charge in [0.15, 0.2) is 0 Å². The molecule has 0 aromatic heterocycles. The first-order chi connectivity index (χ1) is 8.06. The Balaban J connectivity index is 2.31. The van der Waals surface area contributed by atoms with Crippen LogP contribution in [-0.2, 0) is 0 Å². The van der Waals surface area contributed by atoms with E-state index in [9.17, 15) is 0 Å². The van der Waals surface area contributed by atoms with Gasteiger partial charge in [-0.2, -0.15) is 0 Å². The standard InChI is InChI=1S/C12H8BrClINO/c13-7-1-3-11(9(14)5-7)17-12-4-2-8(15)6-10(12)16/h1-6H,16H2. The van der Waals surface area contributed by atoms with Crippen LogP contribution >= 0.6 is 50.1 Å². The molecule has 0 aliphatic rings. The molecule has 0 saturated carbocycles. The summed E-state index contributed by atoms with van der Waals surface area (Å²) in [4.78, 5) is 0. The van der Waals surface area contributed by atoms with Gasteiger partial charge < -0.3 is 10.5 Å². The number of ether oxygens (including phenoxy) is 1. The molecule has 0 bridgehead atoms. The maximum Gasteiger partial charge on any atom is 0.150 e. The lowest BCUT2D eigenvalue weighted by atomic mass is 10.3. The fraction of sp³-hybridized carbons (Fsp3) is 0. The first-order valence-electron chi connectivity index (χ1n) is 4.74. The number of hydrogen-bond acceptors (Lipinski definition) is 2. The first kappa shape index (κ1) is 13.0. The minimum atomic E-state index is 0.539. The molecule has 2 rings (SSSR count). The van der Waals surface area contributed by atoms with Crippen molar-refractivity contribution in [2.45, 2.75) is 0 Å². The Morgan fingerprint density at radius 3 is 2.47 bits per heavy atom. The van der Waals surface area contributed by atoms with Gasteiger partial charge in [-0.3, -0.25) is 0 Å². The smallest absolute Gasteiger partial charge is 0.150 e. The van der Waals surface area contributed by atoms with E-state index in [0.717, 1.165) is 8.04 Å². The molecule has 0 unspecified atom stereocenters. The molecule has 2 aromatic rings. The highest BCUT2D eigenvalue weighted by molar-refractivity contribution is 14.1. The molecule has 0 atom stereocenters. The molecule has 2 aromatic carbocycles. The minimum absolute atomic E-state index is 0.539. The van der Waals surface area contributed by atoms with Crippen LogP contribution in [-0.4, -0.2) is 0 Å². The van der Waals surface area contributed by atoms with E-state index in [1.54, 1.807) is 12.1 Å². The van der Waals surface area contributed by atoms with Gasteiger partial charge in [0.05, 0.1) is 10.7 Å². The van der Waals surface area contributed by atoms with Crippen molar-refractivity contribution in [3.63, 3.8) is 0 Å². The van der Waals surface area contributed by atoms with Crippen molar-refractivity contribution >= 4 is 55.8 Å². The van der Waals surface area contributed by atoms with Gasteiger partial charge >= 0.3 is 0 Å². The van der Waals surface area contributed by atoms with E-state index in [0.29, 0.717) is 22.2 Å². The van der Waals surface area contributed by atoms with Crippen LogP contribution in [0.3, 0.4) is 0 Å². The van der Waals surface area contributed by atoms with Crippen LogP contribution in [0.4, 0.5) is 5.69 Å². The number of nitrogen functional groups attached to an aromatic ring is 1. The van der Waals surface area contributed by atoms with E-state index in [1.807, 2.05) is 24.3 Å². The lowest BCUT2D eigenvalue weighted by Gasteiger charge is -2.10. The van der Waals surface area contributed by atoms with E-state index in [-0.39, 0.29) is 0 Å². The summed E-state index contributed by atoms with van der Waals surface area (Å²) < 4.78 is 7.64. The van der Waals surface area contributed by atoms with Gasteiger partial charge in [-0.15, -0.1) is 0 Å². The number of nitrogens with two attached hydrogens (primary N) is 1. The average molecular weight is 424 g/mol. The van der Waals surface area contributed by atoms with E-state index in [1.165, 1.54) is 0 Å². The topological polar surface area (TPSA) is 35.2 Å². The van der Waals surface area contributed by atoms with Gasteiger partial charge in [-0.1, -0.05) is 27.5 Å². The third kappa shape index (κ3) is 3.26. The average Bonchev–Trinajstić information content (AvgIpc) is 2.25. The molecule has 2 nitrogen and oxygen atoms in total. The lowest BCUT2D eigenvalue weighted by Crippen LogP contribution is -1.93. The van der Waals surface area contributed by atoms with Crippen LogP contribution in [0.5, 0.6) is 11.5 Å². The summed E-state index contributed by atoms with van der Waals surface area (Å²) in [6.45, 7) is 0. The van der Waals surface area contributed by atoms with E-state index < -0.39 is 0 Å². The van der Waals surface area contributed by atoms with Crippen LogP contribution in [0.15, 0.2) is 40.9 Å². The summed E-state index contributed by atoms with van der Waals surface area (Å²) in [5, 5.41) is 0.539. The van der Waals surface area contributed by atoms with Crippen molar-refractivity contribution in [1.82, 2.24) is 0 Å². The molecule has 5 heteroatoms. The Hall–Kier alpha value is -0.460. The van der Waals surface area contributed by atoms with Gasteiger partial charge in [-0.25, -0.2) is 0 Å². The van der Waals surface area contributed by atoms with Crippen molar-refractivity contribution in [1.29, 1.82) is 0 Å². The first-order valence-corrected chi connectivity index (χ1v) is 6.99. The Morgan fingerprint density at radius 1 is 1.12 bits per heavy atom. The third-order valence-electron chi connectivity index (χ3n) is 2.09. The molecule has 0 spiro atoms. The van der Waals surface area contributed by atoms with Crippen LogP contribution in [0.1, 0.15) is 0 Å². The molecule has 0 radical (unpaired) electrons. The largest absolute Gasteiger partial charge is 0.454 e. The summed E-state index contributed by atoms with van der Waals surface area (Å²) >= 11 is 11.6. The van der Waals surface area contributed by atoms with Crippen LogP contribution in [0.2, 0.25) is 5.02 Å². The number of hydrogen-bond donors (Lipinski definition) is 1. The maximum absolute atomic E-state index is 6.07. The van der Waals surface area contributed by atoms with Crippen molar-refractivity contribution in [2.75, 3.05) is 5.73 Å². The zero-order valence-corrected chi connectivity index (χ0v) is 13.1. The van der Waals surface area contributed by atoms with Crippen molar-refractivity contribution in [2.24, 2.45) is 0 Å². The number of halogens is 3. The van der Waals surface area contributed by atoms with Crippen LogP contribution in [0.25, 0.3) is 0 Å². The highest BCUT2D eigenvalue weighted by atomic mass is 127. The molecule has 17 heavy (non-hydrogen) atoms. The highest BCUT2D eigenvalue weighted by Crippen LogP contribution is 2.34. The van der Waals surface area contributed by atoms with Gasteiger partial charge in [0.25, 0.3) is 0 Å². The summed E-state index contributed by atoms with van der Waals surface area (Å²) in [6.07, 6.45) is 0. The second-order valence-corrected chi connectivity index (χ2v) is 5.93. The molecule has 2 N–H and O–H groups in total. The Bertz CT molecular complexity index is 513. The fourth-order valence-electron chi connectivity index (χ4n) is 1.29. The van der Waals surface area contributed by atoms with E-state index in [4.69, 9.17) is 22.1 Å². The SMILES string of the molecule is Nc1cc(I)ccc1Oc1ccc(Br)cc1Cl. The normalized spacial score (nSPS) is 10.3. The van der Waals surface area contributed by atoms with Crippen molar-refractivity contribution in [3.8, 4) is 11.5 Å². The quantitative estimate of drug-likeness (QED) is 0.539. The fourth-order valence-corrected chi connectivity index (χ4v) is 2.52. The number of anilines is 1. The zero-order chi connectivity index (χ0) is 12.4. The zero-order valence-electron chi connectivity index (χ0n) is 8.58. The molecule has 88 valence electrons. The second-order valence-electron chi connectivity index (χ2n) is 3.36. The van der Waals surface area contributed by atoms with Gasteiger partial charge in [0, 0.05) is 8.04 Å². The van der Waals surface area contributed by atoms with E-state index in [2.05, 4.69) is 38.5 Å². The third-order valence-corrected chi connectivity index (χ3v) is 3.55. The van der Waals surface area contributed by atoms with Crippen molar-refractivity contribution in [3.05, 3.63) is 49.5 Å². The van der Waals surface area contributed by atoms with E-state index >= 15 is 0 Å². The Morgan fingerprint density at radius 2 is 1.82 bits per heavy atom. The minimum Gasteiger partial charge on any atom is -0.454 e. The van der Waals surface area contributed by atoms with Crippen LogP contribution in [0, 0.1) is 3.57 Å². The Labute approximate surface area is 126 Å². The number of benzene rings is 2. The molecule has 0 heterocycles. The lowest BCUT2D eigenvalue weighted by molar-refractivity contribution is 0.485. The summed E-state index contributed by atoms with van der Waals surface area (Å²) in [5.74, 6) is 1.19. The van der Waals surface area contributed by atoms with Crippen molar-refractivity contribution < 1.29 is 4.74 Å². The van der Waals surface area contributed by atoms with Crippen LogP contribution < -0.4 is 10.5 Å². The molecular formula is C12H8BrClINO. The number of rotatable bonds is 2. The van der Waals surface area contributed by atoms with Gasteiger partial charge in [-0.05, 0) is 59.0 Å². The summed E-state index contributed by atoms with van der Waals surface area (Å²) in [5.41, 5.74) is 6.46. The maximum atomic E-state index is 6.07.